The maximum absolute atomic E-state index is 5.77. The quantitative estimate of drug-likeness (QED) is 0.605. The Morgan fingerprint density at radius 2 is 2.06 bits per heavy atom. The van der Waals surface area contributed by atoms with Crippen molar-refractivity contribution in [2.45, 2.75) is 0 Å². The maximum atomic E-state index is 5.77. The molecule has 0 unspecified atom stereocenters. The number of pyridine rings is 1. The zero-order valence-corrected chi connectivity index (χ0v) is 8.51. The Labute approximate surface area is 92.1 Å². The number of nitrogen functional groups attached to an aromatic ring is 1. The molecule has 3 rings (SSSR count). The highest BCUT2D eigenvalue weighted by Gasteiger charge is 2.08. The molecule has 0 aliphatic rings. The highest BCUT2D eigenvalue weighted by molar-refractivity contribution is 5.93. The number of rotatable bonds is 1. The summed E-state index contributed by atoms with van der Waals surface area (Å²) in [5, 5.41) is 8.23. The van der Waals surface area contributed by atoms with Gasteiger partial charge in [0.25, 0.3) is 0 Å². The highest BCUT2D eigenvalue weighted by Crippen LogP contribution is 2.25. The molecule has 0 bridgehead atoms. The predicted molar refractivity (Wildman–Crippen MR) is 63.7 cm³/mol. The number of nitrogens with two attached hydrogens (primary N) is 1. The number of anilines is 1. The van der Waals surface area contributed by atoms with Gasteiger partial charge in [-0.3, -0.25) is 10.1 Å². The first kappa shape index (κ1) is 8.91. The SMILES string of the molecule is Nc1ccc2[nH]nc(-c3ccccn3)c2c1. The van der Waals surface area contributed by atoms with E-state index in [0.29, 0.717) is 0 Å². The molecular weight excluding hydrogens is 200 g/mol. The van der Waals surface area contributed by atoms with Crippen LogP contribution in [-0.2, 0) is 0 Å². The van der Waals surface area contributed by atoms with Gasteiger partial charge >= 0.3 is 0 Å². The molecule has 0 amide bonds. The summed E-state index contributed by atoms with van der Waals surface area (Å²) in [5.41, 5.74) is 9.15. The van der Waals surface area contributed by atoms with Crippen LogP contribution in [0.25, 0.3) is 22.3 Å². The smallest absolute Gasteiger partial charge is 0.118 e. The summed E-state index contributed by atoms with van der Waals surface area (Å²) in [5.74, 6) is 0. The second-order valence-corrected chi connectivity index (χ2v) is 3.59. The largest absolute Gasteiger partial charge is 0.399 e. The second-order valence-electron chi connectivity index (χ2n) is 3.59. The molecule has 0 aliphatic carbocycles. The number of nitrogens with one attached hydrogen (secondary N) is 1. The van der Waals surface area contributed by atoms with Crippen LogP contribution in [0.3, 0.4) is 0 Å². The van der Waals surface area contributed by atoms with E-state index in [9.17, 15) is 0 Å². The van der Waals surface area contributed by atoms with Crippen LogP contribution in [0.15, 0.2) is 42.6 Å². The van der Waals surface area contributed by atoms with Crippen LogP contribution < -0.4 is 5.73 Å². The van der Waals surface area contributed by atoms with Crippen molar-refractivity contribution >= 4 is 16.6 Å². The van der Waals surface area contributed by atoms with Gasteiger partial charge in [0.05, 0.1) is 11.2 Å². The molecule has 0 saturated heterocycles. The number of hydrogen-bond donors (Lipinski definition) is 2. The van der Waals surface area contributed by atoms with E-state index in [2.05, 4.69) is 15.2 Å². The Bertz CT molecular complexity index is 628. The van der Waals surface area contributed by atoms with Crippen molar-refractivity contribution in [1.82, 2.24) is 15.2 Å². The molecule has 0 spiro atoms. The molecule has 78 valence electrons. The number of nitrogens with zero attached hydrogens (tertiary/aromatic N) is 2. The number of H-pyrrole nitrogens is 1. The third kappa shape index (κ3) is 1.32. The Balaban J connectivity index is 2.29. The molecule has 4 nitrogen and oxygen atoms in total. The van der Waals surface area contributed by atoms with E-state index in [1.165, 1.54) is 0 Å². The molecule has 1 aromatic carbocycles. The van der Waals surface area contributed by atoms with E-state index in [-0.39, 0.29) is 0 Å². The number of fused-ring (bicyclic) bond motifs is 1. The first-order valence-corrected chi connectivity index (χ1v) is 4.99. The van der Waals surface area contributed by atoms with Gasteiger partial charge in [-0.1, -0.05) is 6.07 Å². The Kier molecular flexibility index (Phi) is 1.86. The van der Waals surface area contributed by atoms with Crippen LogP contribution in [0.2, 0.25) is 0 Å². The van der Waals surface area contributed by atoms with Crippen molar-refractivity contribution in [1.29, 1.82) is 0 Å². The van der Waals surface area contributed by atoms with E-state index < -0.39 is 0 Å². The number of hydrogen-bond acceptors (Lipinski definition) is 3. The molecule has 16 heavy (non-hydrogen) atoms. The molecule has 0 radical (unpaired) electrons. The summed E-state index contributed by atoms with van der Waals surface area (Å²) in [7, 11) is 0. The van der Waals surface area contributed by atoms with Gasteiger partial charge in [-0.15, -0.1) is 0 Å². The van der Waals surface area contributed by atoms with Gasteiger partial charge in [0.2, 0.25) is 0 Å². The van der Waals surface area contributed by atoms with Gasteiger partial charge in [-0.2, -0.15) is 5.10 Å². The number of aromatic nitrogens is 3. The molecule has 2 aromatic heterocycles. The van der Waals surface area contributed by atoms with Crippen molar-refractivity contribution in [2.75, 3.05) is 5.73 Å². The molecule has 3 aromatic rings. The predicted octanol–water partition coefficient (Wildman–Crippen LogP) is 2.21. The lowest BCUT2D eigenvalue weighted by molar-refractivity contribution is 1.11. The van der Waals surface area contributed by atoms with Crippen LogP contribution in [0, 0.1) is 0 Å². The molecule has 3 N–H and O–H groups in total. The Morgan fingerprint density at radius 3 is 2.88 bits per heavy atom. The first-order valence-electron chi connectivity index (χ1n) is 4.99. The minimum Gasteiger partial charge on any atom is -0.399 e. The fourth-order valence-corrected chi connectivity index (χ4v) is 1.73. The normalized spacial score (nSPS) is 10.8. The highest BCUT2D eigenvalue weighted by atomic mass is 15.1. The number of benzene rings is 1. The zero-order valence-electron chi connectivity index (χ0n) is 8.51. The van der Waals surface area contributed by atoms with Crippen LogP contribution in [0.4, 0.5) is 5.69 Å². The van der Waals surface area contributed by atoms with Crippen molar-refractivity contribution in [3.63, 3.8) is 0 Å². The summed E-state index contributed by atoms with van der Waals surface area (Å²) in [6.45, 7) is 0. The number of aromatic amines is 1. The van der Waals surface area contributed by atoms with Crippen molar-refractivity contribution in [3.05, 3.63) is 42.6 Å². The minimum atomic E-state index is 0.728. The summed E-state index contributed by atoms with van der Waals surface area (Å²) < 4.78 is 0. The minimum absolute atomic E-state index is 0.728. The first-order chi connectivity index (χ1) is 7.84. The molecule has 0 fully saturated rings. The second kappa shape index (κ2) is 3.34. The fraction of sp³-hybridized carbons (Fsp3) is 0. The molecule has 0 atom stereocenters. The average Bonchev–Trinajstić information content (AvgIpc) is 2.73. The summed E-state index contributed by atoms with van der Waals surface area (Å²) in [6, 6.07) is 11.4. The molecule has 0 aliphatic heterocycles. The van der Waals surface area contributed by atoms with Gasteiger partial charge in [0.15, 0.2) is 0 Å². The van der Waals surface area contributed by atoms with Crippen molar-refractivity contribution in [3.8, 4) is 11.4 Å². The standard InChI is InChI=1S/C12H10N4/c13-8-4-5-10-9(7-8)12(16-15-10)11-3-1-2-6-14-11/h1-7H,13H2,(H,15,16). The van der Waals surface area contributed by atoms with Gasteiger partial charge in [-0.25, -0.2) is 0 Å². The zero-order chi connectivity index (χ0) is 11.0. The van der Waals surface area contributed by atoms with Crippen LogP contribution in [-0.4, -0.2) is 15.2 Å². The maximum Gasteiger partial charge on any atom is 0.118 e. The van der Waals surface area contributed by atoms with E-state index in [0.717, 1.165) is 28.0 Å². The van der Waals surface area contributed by atoms with Gasteiger partial charge in [0, 0.05) is 17.3 Å². The van der Waals surface area contributed by atoms with Crippen molar-refractivity contribution < 1.29 is 0 Å². The topological polar surface area (TPSA) is 67.6 Å². The van der Waals surface area contributed by atoms with Gasteiger partial charge in [0.1, 0.15) is 5.69 Å². The van der Waals surface area contributed by atoms with Crippen LogP contribution in [0.1, 0.15) is 0 Å². The third-order valence-electron chi connectivity index (χ3n) is 2.49. The summed E-state index contributed by atoms with van der Waals surface area (Å²) in [6.07, 6.45) is 1.75. The van der Waals surface area contributed by atoms with E-state index in [4.69, 9.17) is 5.73 Å². The molecule has 4 heteroatoms. The van der Waals surface area contributed by atoms with Crippen LogP contribution in [0.5, 0.6) is 0 Å². The molecule has 2 heterocycles. The van der Waals surface area contributed by atoms with Crippen LogP contribution >= 0.6 is 0 Å². The van der Waals surface area contributed by atoms with Gasteiger partial charge < -0.3 is 5.73 Å². The summed E-state index contributed by atoms with van der Waals surface area (Å²) >= 11 is 0. The molecular formula is C12H10N4. The lowest BCUT2D eigenvalue weighted by Crippen LogP contribution is -1.85. The average molecular weight is 210 g/mol. The fourth-order valence-electron chi connectivity index (χ4n) is 1.73. The van der Waals surface area contributed by atoms with Gasteiger partial charge in [-0.05, 0) is 30.3 Å². The third-order valence-corrected chi connectivity index (χ3v) is 2.49. The monoisotopic (exact) mass is 210 g/mol. The summed E-state index contributed by atoms with van der Waals surface area (Å²) in [4.78, 5) is 4.28. The van der Waals surface area contributed by atoms with E-state index >= 15 is 0 Å². The Morgan fingerprint density at radius 1 is 1.12 bits per heavy atom. The van der Waals surface area contributed by atoms with E-state index in [1.807, 2.05) is 36.4 Å². The Hall–Kier alpha value is -2.36. The van der Waals surface area contributed by atoms with E-state index in [1.54, 1.807) is 6.20 Å². The lowest BCUT2D eigenvalue weighted by atomic mass is 10.1. The van der Waals surface area contributed by atoms with Crippen molar-refractivity contribution in [2.24, 2.45) is 0 Å². The lowest BCUT2D eigenvalue weighted by Gasteiger charge is -1.97. The molecule has 0 saturated carbocycles.